The molecule has 0 N–H and O–H groups in total. The monoisotopic (exact) mass is 648 g/mol. The summed E-state index contributed by atoms with van der Waals surface area (Å²) in [6, 6.07) is 45.9. The Morgan fingerprint density at radius 2 is 0.560 bits per heavy atom. The van der Waals surface area contributed by atoms with E-state index in [1.807, 2.05) is 0 Å². The summed E-state index contributed by atoms with van der Waals surface area (Å²) in [4.78, 5) is 4.89. The molecule has 0 aromatic heterocycles. The molecule has 8 rings (SSSR count). The summed E-state index contributed by atoms with van der Waals surface area (Å²) in [5.74, 6) is 0. The summed E-state index contributed by atoms with van der Waals surface area (Å²) in [5.41, 5.74) is 17.4. The maximum absolute atomic E-state index is 2.45. The third kappa shape index (κ3) is 5.18. The van der Waals surface area contributed by atoms with Crippen molar-refractivity contribution in [2.45, 2.75) is 55.4 Å². The minimum absolute atomic E-state index is 1.17. The van der Waals surface area contributed by atoms with Crippen molar-refractivity contribution >= 4 is 66.4 Å². The maximum atomic E-state index is 2.45. The fraction of sp³-hybridized carbons (Fsp3) is 0.167. The van der Waals surface area contributed by atoms with Gasteiger partial charge in [-0.25, -0.2) is 0 Å². The lowest BCUT2D eigenvalue weighted by molar-refractivity contribution is 1.24. The van der Waals surface area contributed by atoms with Crippen LogP contribution in [0, 0.1) is 55.4 Å². The summed E-state index contributed by atoms with van der Waals surface area (Å²) in [7, 11) is 0. The molecule has 0 heterocycles. The summed E-state index contributed by atoms with van der Waals surface area (Å²) in [5, 5.41) is 7.61. The smallest absolute Gasteiger partial charge is 0.0540 e. The third-order valence-electron chi connectivity index (χ3n) is 11.1. The Hall–Kier alpha value is -5.60. The second-order valence-corrected chi connectivity index (χ2v) is 14.3. The lowest BCUT2D eigenvalue weighted by atomic mass is 9.91. The molecule has 8 aromatic rings. The van der Waals surface area contributed by atoms with E-state index in [4.69, 9.17) is 0 Å². The quantitative estimate of drug-likeness (QED) is 0.166. The average molecular weight is 649 g/mol. The summed E-state index contributed by atoms with van der Waals surface area (Å²) >= 11 is 0. The standard InChI is InChI=1S/C48H44N2/c1-29-9-17-39(25-33(29)5)49(40-18-10-30(2)34(6)26-40)45-23-15-37-14-22-44-46(24-16-38-13-21-43(45)47(37)48(38)44)50(41-19-11-31(3)35(7)27-41)42-20-12-32(4)36(8)28-42/h9-28H,1-8H3. The molecule has 0 saturated carbocycles. The van der Waals surface area contributed by atoms with Crippen LogP contribution in [0.25, 0.3) is 32.3 Å². The predicted octanol–water partition coefficient (Wildman–Crippen LogP) is 14.0. The molecule has 2 heteroatoms. The highest BCUT2D eigenvalue weighted by Gasteiger charge is 2.22. The number of anilines is 6. The van der Waals surface area contributed by atoms with Gasteiger partial charge in [-0.15, -0.1) is 0 Å². The molecule has 2 nitrogen and oxygen atoms in total. The van der Waals surface area contributed by atoms with Gasteiger partial charge in [0.1, 0.15) is 0 Å². The Bertz CT molecular complexity index is 2310. The average Bonchev–Trinajstić information content (AvgIpc) is 3.11. The van der Waals surface area contributed by atoms with Crippen LogP contribution in [0.3, 0.4) is 0 Å². The zero-order valence-electron chi connectivity index (χ0n) is 30.4. The molecular formula is C48H44N2. The highest BCUT2D eigenvalue weighted by atomic mass is 15.1. The molecule has 50 heavy (non-hydrogen) atoms. The molecule has 0 spiro atoms. The van der Waals surface area contributed by atoms with Gasteiger partial charge in [-0.05, 0) is 182 Å². The van der Waals surface area contributed by atoms with Gasteiger partial charge in [0.05, 0.1) is 11.4 Å². The molecule has 0 saturated heterocycles. The van der Waals surface area contributed by atoms with Crippen molar-refractivity contribution in [1.29, 1.82) is 0 Å². The van der Waals surface area contributed by atoms with Crippen LogP contribution < -0.4 is 9.80 Å². The van der Waals surface area contributed by atoms with Crippen molar-refractivity contribution in [2.24, 2.45) is 0 Å². The largest absolute Gasteiger partial charge is 0.310 e. The van der Waals surface area contributed by atoms with Crippen LogP contribution in [-0.2, 0) is 0 Å². The zero-order valence-corrected chi connectivity index (χ0v) is 30.4. The molecular weight excluding hydrogens is 605 g/mol. The van der Waals surface area contributed by atoms with Gasteiger partial charge in [-0.3, -0.25) is 0 Å². The Balaban J connectivity index is 1.42. The van der Waals surface area contributed by atoms with E-state index in [0.29, 0.717) is 0 Å². The molecule has 0 aliphatic carbocycles. The molecule has 0 atom stereocenters. The molecule has 246 valence electrons. The topological polar surface area (TPSA) is 6.48 Å². The molecule has 0 radical (unpaired) electrons. The molecule has 0 aliphatic heterocycles. The summed E-state index contributed by atoms with van der Waals surface area (Å²) in [6.07, 6.45) is 0. The van der Waals surface area contributed by atoms with Gasteiger partial charge in [-0.1, -0.05) is 60.7 Å². The summed E-state index contributed by atoms with van der Waals surface area (Å²) in [6.45, 7) is 17.6. The molecule has 0 fully saturated rings. The van der Waals surface area contributed by atoms with E-state index in [-0.39, 0.29) is 0 Å². The molecule has 8 aromatic carbocycles. The lowest BCUT2D eigenvalue weighted by Crippen LogP contribution is -2.12. The molecule has 0 amide bonds. The van der Waals surface area contributed by atoms with Crippen molar-refractivity contribution in [2.75, 3.05) is 9.80 Å². The highest BCUT2D eigenvalue weighted by Crippen LogP contribution is 2.48. The van der Waals surface area contributed by atoms with Crippen LogP contribution in [0.15, 0.2) is 121 Å². The van der Waals surface area contributed by atoms with E-state index >= 15 is 0 Å². The van der Waals surface area contributed by atoms with E-state index < -0.39 is 0 Å². The van der Waals surface area contributed by atoms with Crippen LogP contribution in [-0.4, -0.2) is 0 Å². The molecule has 0 unspecified atom stereocenters. The Kier molecular flexibility index (Phi) is 7.64. The van der Waals surface area contributed by atoms with Gasteiger partial charge in [-0.2, -0.15) is 0 Å². The van der Waals surface area contributed by atoms with Crippen molar-refractivity contribution < 1.29 is 0 Å². The van der Waals surface area contributed by atoms with Crippen molar-refractivity contribution in [3.8, 4) is 0 Å². The number of benzene rings is 8. The van der Waals surface area contributed by atoms with Crippen LogP contribution >= 0.6 is 0 Å². The van der Waals surface area contributed by atoms with Gasteiger partial charge < -0.3 is 9.80 Å². The van der Waals surface area contributed by atoms with Crippen LogP contribution in [0.5, 0.6) is 0 Å². The second kappa shape index (κ2) is 12.1. The molecule has 0 aliphatic rings. The Labute approximate surface area is 296 Å². The maximum Gasteiger partial charge on any atom is 0.0540 e. The van der Waals surface area contributed by atoms with Gasteiger partial charge in [0.15, 0.2) is 0 Å². The van der Waals surface area contributed by atoms with Gasteiger partial charge >= 0.3 is 0 Å². The highest BCUT2D eigenvalue weighted by molar-refractivity contribution is 6.28. The lowest BCUT2D eigenvalue weighted by Gasteiger charge is -2.30. The van der Waals surface area contributed by atoms with E-state index in [1.54, 1.807) is 0 Å². The van der Waals surface area contributed by atoms with Crippen LogP contribution in [0.4, 0.5) is 34.1 Å². The first-order chi connectivity index (χ1) is 24.1. The van der Waals surface area contributed by atoms with E-state index in [2.05, 4.69) is 187 Å². The van der Waals surface area contributed by atoms with Gasteiger partial charge in [0, 0.05) is 33.5 Å². The number of hydrogen-bond acceptors (Lipinski definition) is 2. The summed E-state index contributed by atoms with van der Waals surface area (Å²) < 4.78 is 0. The number of nitrogens with zero attached hydrogens (tertiary/aromatic N) is 2. The number of rotatable bonds is 6. The van der Waals surface area contributed by atoms with E-state index in [9.17, 15) is 0 Å². The molecule has 0 bridgehead atoms. The van der Waals surface area contributed by atoms with Gasteiger partial charge in [0.2, 0.25) is 0 Å². The van der Waals surface area contributed by atoms with Crippen molar-refractivity contribution in [3.63, 3.8) is 0 Å². The minimum atomic E-state index is 1.17. The number of hydrogen-bond donors (Lipinski definition) is 0. The zero-order chi connectivity index (χ0) is 34.8. The third-order valence-corrected chi connectivity index (χ3v) is 11.1. The first kappa shape index (κ1) is 31.7. The van der Waals surface area contributed by atoms with Crippen molar-refractivity contribution in [1.82, 2.24) is 0 Å². The van der Waals surface area contributed by atoms with E-state index in [1.165, 1.54) is 111 Å². The normalized spacial score (nSPS) is 11.6. The van der Waals surface area contributed by atoms with Crippen molar-refractivity contribution in [3.05, 3.63) is 166 Å². The predicted molar refractivity (Wildman–Crippen MR) is 217 cm³/mol. The fourth-order valence-electron chi connectivity index (χ4n) is 7.47. The fourth-order valence-corrected chi connectivity index (χ4v) is 7.47. The minimum Gasteiger partial charge on any atom is -0.310 e. The van der Waals surface area contributed by atoms with Crippen LogP contribution in [0.2, 0.25) is 0 Å². The first-order valence-electron chi connectivity index (χ1n) is 17.7. The van der Waals surface area contributed by atoms with E-state index in [0.717, 1.165) is 0 Å². The SMILES string of the molecule is Cc1ccc(N(c2ccc(C)c(C)c2)c2ccc3ccc4c(N(c5ccc(C)c(C)c5)c5ccc(C)c(C)c5)ccc5ccc2c3c54)cc1C. The van der Waals surface area contributed by atoms with Gasteiger partial charge in [0.25, 0.3) is 0 Å². The number of aryl methyl sites for hydroxylation is 8. The second-order valence-electron chi connectivity index (χ2n) is 14.3. The first-order valence-corrected chi connectivity index (χ1v) is 17.7. The Morgan fingerprint density at radius 3 is 0.840 bits per heavy atom. The Morgan fingerprint density at radius 1 is 0.280 bits per heavy atom. The van der Waals surface area contributed by atoms with Crippen LogP contribution in [0.1, 0.15) is 44.5 Å².